The van der Waals surface area contributed by atoms with Crippen LogP contribution in [0.25, 0.3) is 10.9 Å². The van der Waals surface area contributed by atoms with Crippen molar-refractivity contribution in [3.8, 4) is 5.75 Å². The second-order valence-corrected chi connectivity index (χ2v) is 9.43. The molecule has 2 atom stereocenters. The van der Waals surface area contributed by atoms with E-state index in [1.54, 1.807) is 17.9 Å². The van der Waals surface area contributed by atoms with Crippen molar-refractivity contribution >= 4 is 10.9 Å². The number of aliphatic hydroxyl groups excluding tert-OH is 1. The Morgan fingerprint density at radius 2 is 1.97 bits per heavy atom. The lowest BCUT2D eigenvalue weighted by Crippen LogP contribution is -2.49. The normalized spacial score (nSPS) is 18.5. The first-order valence-electron chi connectivity index (χ1n) is 12.3. The zero-order chi connectivity index (χ0) is 25.9. The molecule has 1 unspecified atom stereocenters. The molecule has 4 rings (SSSR count). The molecule has 0 aliphatic carbocycles. The summed E-state index contributed by atoms with van der Waals surface area (Å²) in [7, 11) is 0. The number of aromatic nitrogens is 1. The molecule has 0 spiro atoms. The predicted octanol–water partition coefficient (Wildman–Crippen LogP) is 4.91. The van der Waals surface area contributed by atoms with Gasteiger partial charge in [0.05, 0.1) is 19.3 Å². The summed E-state index contributed by atoms with van der Waals surface area (Å²) in [6.45, 7) is 2.50. The molecule has 3 N–H and O–H groups in total. The number of para-hydroxylation sites is 1. The Morgan fingerprint density at radius 3 is 2.72 bits per heavy atom. The van der Waals surface area contributed by atoms with E-state index in [1.165, 1.54) is 6.07 Å². The van der Waals surface area contributed by atoms with Gasteiger partial charge in [-0.25, -0.2) is 13.2 Å². The number of hydrogen-bond donors (Lipinski definition) is 3. The maximum absolute atomic E-state index is 15.5. The van der Waals surface area contributed by atoms with Crippen molar-refractivity contribution < 1.29 is 27.4 Å². The molecule has 0 amide bonds. The van der Waals surface area contributed by atoms with E-state index in [1.807, 2.05) is 31.2 Å². The summed E-state index contributed by atoms with van der Waals surface area (Å²) < 4.78 is 62.7. The number of hydrogen-bond acceptors (Lipinski definition) is 4. The highest BCUT2D eigenvalue weighted by molar-refractivity contribution is 5.85. The molecule has 2 aromatic carbocycles. The fourth-order valence-electron chi connectivity index (χ4n) is 5.10. The highest BCUT2D eigenvalue weighted by atomic mass is 19.3. The molecule has 0 saturated heterocycles. The molecular formula is C27H33F4N3O2. The summed E-state index contributed by atoms with van der Waals surface area (Å²) in [5.74, 6) is -3.40. The quantitative estimate of drug-likeness (QED) is 0.255. The molecular weight excluding hydrogens is 474 g/mol. The number of aliphatic hydroxyl groups is 1. The SMILES string of the molecule is Cc1c(OCCNCCCF)ccc(F)c1C1c2[nH]c3ccccc3c2C[C@@H](C)N1CC(F)(F)CO. The summed E-state index contributed by atoms with van der Waals surface area (Å²) in [4.78, 5) is 4.94. The number of benzene rings is 2. The molecule has 0 fully saturated rings. The summed E-state index contributed by atoms with van der Waals surface area (Å²) in [5, 5.41) is 13.4. The number of fused-ring (bicyclic) bond motifs is 3. The minimum atomic E-state index is -3.35. The third kappa shape index (κ3) is 5.38. The van der Waals surface area contributed by atoms with Crippen molar-refractivity contribution in [2.75, 3.05) is 39.5 Å². The van der Waals surface area contributed by atoms with Gasteiger partial charge in [-0.05, 0) is 62.6 Å². The van der Waals surface area contributed by atoms with Crippen LogP contribution in [-0.2, 0) is 6.42 Å². The minimum absolute atomic E-state index is 0.269. The van der Waals surface area contributed by atoms with Crippen LogP contribution in [0.3, 0.4) is 0 Å². The lowest BCUT2D eigenvalue weighted by molar-refractivity contribution is -0.0867. The fraction of sp³-hybridized carbons (Fsp3) is 0.481. The monoisotopic (exact) mass is 507 g/mol. The van der Waals surface area contributed by atoms with Crippen molar-refractivity contribution in [2.45, 2.75) is 44.7 Å². The molecule has 1 aliphatic rings. The predicted molar refractivity (Wildman–Crippen MR) is 132 cm³/mol. The number of rotatable bonds is 11. The van der Waals surface area contributed by atoms with E-state index < -0.39 is 37.6 Å². The summed E-state index contributed by atoms with van der Waals surface area (Å²) in [6, 6.07) is 9.40. The average molecular weight is 508 g/mol. The standard InChI is InChI=1S/C27H33F4N3O2/c1-17-14-20-19-6-3-4-7-22(19)33-25(20)26(34(17)15-27(30,31)16-35)24-18(2)23(9-8-21(24)29)36-13-12-32-11-5-10-28/h3-4,6-9,17,26,32-33,35H,5,10-16H2,1-2H3/t17-,26?/m1/s1. The Hall–Kier alpha value is -2.62. The third-order valence-electron chi connectivity index (χ3n) is 6.87. The van der Waals surface area contributed by atoms with Crippen LogP contribution >= 0.6 is 0 Å². The number of halogens is 4. The van der Waals surface area contributed by atoms with Crippen LogP contribution in [-0.4, -0.2) is 66.5 Å². The second kappa shape index (κ2) is 11.2. The van der Waals surface area contributed by atoms with E-state index in [4.69, 9.17) is 4.74 Å². The van der Waals surface area contributed by atoms with Gasteiger partial charge in [0.15, 0.2) is 0 Å². The maximum atomic E-state index is 15.5. The molecule has 0 saturated carbocycles. The van der Waals surface area contributed by atoms with E-state index in [0.717, 1.165) is 16.5 Å². The zero-order valence-corrected chi connectivity index (χ0v) is 20.6. The van der Waals surface area contributed by atoms with E-state index in [-0.39, 0.29) is 11.6 Å². The Labute approximate surface area is 208 Å². The first-order chi connectivity index (χ1) is 17.3. The van der Waals surface area contributed by atoms with Crippen molar-refractivity contribution in [3.63, 3.8) is 0 Å². The first kappa shape index (κ1) is 26.4. The van der Waals surface area contributed by atoms with Crippen LogP contribution in [0.1, 0.15) is 41.8 Å². The number of nitrogens with one attached hydrogen (secondary N) is 2. The maximum Gasteiger partial charge on any atom is 0.283 e. The van der Waals surface area contributed by atoms with Gasteiger partial charge >= 0.3 is 0 Å². The van der Waals surface area contributed by atoms with E-state index in [2.05, 4.69) is 10.3 Å². The number of ether oxygens (including phenoxy) is 1. The van der Waals surface area contributed by atoms with Crippen LogP contribution in [0.4, 0.5) is 17.6 Å². The molecule has 196 valence electrons. The number of nitrogens with zero attached hydrogens (tertiary/aromatic N) is 1. The Kier molecular flexibility index (Phi) is 8.22. The topological polar surface area (TPSA) is 60.5 Å². The van der Waals surface area contributed by atoms with Gasteiger partial charge in [0, 0.05) is 34.7 Å². The molecule has 0 radical (unpaired) electrons. The fourth-order valence-corrected chi connectivity index (χ4v) is 5.10. The van der Waals surface area contributed by atoms with Crippen molar-refractivity contribution in [3.05, 3.63) is 64.6 Å². The molecule has 1 aliphatic heterocycles. The van der Waals surface area contributed by atoms with Crippen LogP contribution in [0, 0.1) is 12.7 Å². The van der Waals surface area contributed by atoms with Crippen molar-refractivity contribution in [2.24, 2.45) is 0 Å². The first-order valence-corrected chi connectivity index (χ1v) is 12.3. The summed E-state index contributed by atoms with van der Waals surface area (Å²) >= 11 is 0. The molecule has 36 heavy (non-hydrogen) atoms. The molecule has 0 bridgehead atoms. The summed E-state index contributed by atoms with van der Waals surface area (Å²) in [6.07, 6.45) is 0.930. The Balaban J connectivity index is 1.75. The number of H-pyrrole nitrogens is 1. The Morgan fingerprint density at radius 1 is 1.19 bits per heavy atom. The largest absolute Gasteiger partial charge is 0.492 e. The lowest BCUT2D eigenvalue weighted by atomic mass is 9.86. The van der Waals surface area contributed by atoms with E-state index >= 15 is 4.39 Å². The number of aromatic amines is 1. The molecule has 5 nitrogen and oxygen atoms in total. The third-order valence-corrected chi connectivity index (χ3v) is 6.87. The number of alkyl halides is 3. The van der Waals surface area contributed by atoms with Crippen LogP contribution in [0.5, 0.6) is 5.75 Å². The van der Waals surface area contributed by atoms with Gasteiger partial charge in [0.1, 0.15) is 24.8 Å². The van der Waals surface area contributed by atoms with Gasteiger partial charge in [0.25, 0.3) is 5.92 Å². The Bertz CT molecular complexity index is 1180. The van der Waals surface area contributed by atoms with Crippen molar-refractivity contribution in [1.29, 1.82) is 0 Å². The van der Waals surface area contributed by atoms with Gasteiger partial charge in [0.2, 0.25) is 0 Å². The van der Waals surface area contributed by atoms with Gasteiger partial charge in [-0.3, -0.25) is 9.29 Å². The zero-order valence-electron chi connectivity index (χ0n) is 20.6. The van der Waals surface area contributed by atoms with Gasteiger partial charge < -0.3 is 20.1 Å². The summed E-state index contributed by atoms with van der Waals surface area (Å²) in [5.41, 5.74) is 3.31. The van der Waals surface area contributed by atoms with Crippen LogP contribution in [0.2, 0.25) is 0 Å². The van der Waals surface area contributed by atoms with Gasteiger partial charge in [-0.1, -0.05) is 18.2 Å². The molecule has 3 aromatic rings. The molecule has 9 heteroatoms. The van der Waals surface area contributed by atoms with E-state index in [0.29, 0.717) is 49.5 Å². The van der Waals surface area contributed by atoms with Crippen molar-refractivity contribution in [1.82, 2.24) is 15.2 Å². The highest BCUT2D eigenvalue weighted by Gasteiger charge is 2.43. The van der Waals surface area contributed by atoms with Gasteiger partial charge in [-0.15, -0.1) is 0 Å². The van der Waals surface area contributed by atoms with E-state index in [9.17, 15) is 18.3 Å². The van der Waals surface area contributed by atoms with Crippen LogP contribution in [0.15, 0.2) is 36.4 Å². The van der Waals surface area contributed by atoms with Gasteiger partial charge in [-0.2, -0.15) is 0 Å². The van der Waals surface area contributed by atoms with Crippen LogP contribution < -0.4 is 10.1 Å². The smallest absolute Gasteiger partial charge is 0.283 e. The highest BCUT2D eigenvalue weighted by Crippen LogP contribution is 2.44. The lowest BCUT2D eigenvalue weighted by Gasteiger charge is -2.42. The average Bonchev–Trinajstić information content (AvgIpc) is 3.22. The molecule has 2 heterocycles. The molecule has 1 aromatic heterocycles. The second-order valence-electron chi connectivity index (χ2n) is 9.43. The minimum Gasteiger partial charge on any atom is -0.492 e.